The molecule has 1 aromatic heterocycles. The van der Waals surface area contributed by atoms with E-state index in [0.29, 0.717) is 12.1 Å². The van der Waals surface area contributed by atoms with Crippen molar-refractivity contribution in [3.63, 3.8) is 0 Å². The van der Waals surface area contributed by atoms with Crippen LogP contribution in [0.3, 0.4) is 0 Å². The van der Waals surface area contributed by atoms with Gasteiger partial charge in [0.1, 0.15) is 11.6 Å². The summed E-state index contributed by atoms with van der Waals surface area (Å²) >= 11 is 6.08. The fourth-order valence-corrected chi connectivity index (χ4v) is 4.98. The third-order valence-corrected chi connectivity index (χ3v) is 6.94. The largest absolute Gasteiger partial charge is 0.342 e. The number of nitrogens with zero attached hydrogens (tertiary/aromatic N) is 3. The molecule has 0 atom stereocenters. The molecule has 33 heavy (non-hydrogen) atoms. The van der Waals surface area contributed by atoms with Crippen LogP contribution in [0.4, 0.5) is 14.7 Å². The summed E-state index contributed by atoms with van der Waals surface area (Å²) in [7, 11) is 0. The van der Waals surface area contributed by atoms with Crippen molar-refractivity contribution in [1.29, 1.82) is 0 Å². The maximum Gasteiger partial charge on any atom is 0.206 e. The van der Waals surface area contributed by atoms with E-state index in [1.807, 2.05) is 26.0 Å². The fourth-order valence-electron chi connectivity index (χ4n) is 4.78. The quantitative estimate of drug-likeness (QED) is 0.315. The monoisotopic (exact) mass is 465 g/mol. The van der Waals surface area contributed by atoms with Crippen LogP contribution in [0.5, 0.6) is 0 Å². The Kier molecular flexibility index (Phi) is 5.83. The number of anilines is 1. The number of aryl methyl sites for hydroxylation is 1. The van der Waals surface area contributed by atoms with Crippen molar-refractivity contribution >= 4 is 28.6 Å². The molecule has 0 radical (unpaired) electrons. The van der Waals surface area contributed by atoms with E-state index in [0.717, 1.165) is 65.2 Å². The summed E-state index contributed by atoms with van der Waals surface area (Å²) < 4.78 is 30.9. The molecule has 6 heteroatoms. The lowest BCUT2D eigenvalue weighted by molar-refractivity contribution is 0.560. The van der Waals surface area contributed by atoms with Crippen molar-refractivity contribution in [2.24, 2.45) is 0 Å². The van der Waals surface area contributed by atoms with Crippen molar-refractivity contribution in [2.45, 2.75) is 39.7 Å². The van der Waals surface area contributed by atoms with E-state index >= 15 is 0 Å². The Bertz CT molecular complexity index is 1340. The summed E-state index contributed by atoms with van der Waals surface area (Å²) in [4.78, 5) is 7.42. The van der Waals surface area contributed by atoms with Crippen LogP contribution in [0.15, 0.2) is 48.5 Å². The number of fused-ring (bicyclic) bond motifs is 1. The molecule has 1 aliphatic heterocycles. The normalized spacial score (nSPS) is 14.3. The number of imidazole rings is 1. The molecular formula is C27H26ClF2N3. The smallest absolute Gasteiger partial charge is 0.206 e. The van der Waals surface area contributed by atoms with Crippen LogP contribution in [-0.2, 0) is 6.54 Å². The van der Waals surface area contributed by atoms with E-state index in [1.165, 1.54) is 18.6 Å². The Morgan fingerprint density at radius 1 is 0.939 bits per heavy atom. The van der Waals surface area contributed by atoms with Gasteiger partial charge in [0.05, 0.1) is 22.6 Å². The van der Waals surface area contributed by atoms with E-state index in [4.69, 9.17) is 16.6 Å². The highest BCUT2D eigenvalue weighted by Gasteiger charge is 2.24. The average Bonchev–Trinajstić information content (AvgIpc) is 3.16. The molecule has 3 aromatic carbocycles. The number of halogens is 3. The van der Waals surface area contributed by atoms with E-state index in [1.54, 1.807) is 18.2 Å². The minimum atomic E-state index is -0.430. The highest BCUT2D eigenvalue weighted by molar-refractivity contribution is 6.30. The fraction of sp³-hybridized carbons (Fsp3) is 0.296. The minimum Gasteiger partial charge on any atom is -0.342 e. The second-order valence-electron chi connectivity index (χ2n) is 8.84. The molecular weight excluding hydrogens is 440 g/mol. The molecule has 170 valence electrons. The first-order chi connectivity index (χ1) is 15.9. The van der Waals surface area contributed by atoms with Gasteiger partial charge in [-0.05, 0) is 74.1 Å². The molecule has 0 unspecified atom stereocenters. The highest BCUT2D eigenvalue weighted by Crippen LogP contribution is 2.38. The van der Waals surface area contributed by atoms with Gasteiger partial charge < -0.3 is 9.47 Å². The summed E-state index contributed by atoms with van der Waals surface area (Å²) in [5, 5.41) is 0.107. The predicted octanol–water partition coefficient (Wildman–Crippen LogP) is 7.29. The lowest BCUT2D eigenvalue weighted by Crippen LogP contribution is -2.32. The molecule has 4 aromatic rings. The molecule has 1 saturated heterocycles. The topological polar surface area (TPSA) is 21.1 Å². The second-order valence-corrected chi connectivity index (χ2v) is 9.24. The van der Waals surface area contributed by atoms with Crippen LogP contribution < -0.4 is 4.90 Å². The summed E-state index contributed by atoms with van der Waals surface area (Å²) in [5.41, 5.74) is 6.11. The van der Waals surface area contributed by atoms with Crippen molar-refractivity contribution in [1.82, 2.24) is 9.55 Å². The Balaban J connectivity index is 1.76. The molecule has 2 heterocycles. The number of aromatic nitrogens is 2. The van der Waals surface area contributed by atoms with Gasteiger partial charge in [-0.3, -0.25) is 0 Å². The van der Waals surface area contributed by atoms with Gasteiger partial charge >= 0.3 is 0 Å². The first-order valence-corrected chi connectivity index (χ1v) is 11.8. The summed E-state index contributed by atoms with van der Waals surface area (Å²) in [6.45, 7) is 6.43. The molecule has 1 fully saturated rings. The minimum absolute atomic E-state index is 0.107. The second kappa shape index (κ2) is 8.79. The van der Waals surface area contributed by atoms with E-state index in [9.17, 15) is 8.78 Å². The Morgan fingerprint density at radius 3 is 2.42 bits per heavy atom. The number of hydrogen-bond donors (Lipinski definition) is 0. The number of benzene rings is 3. The first kappa shape index (κ1) is 21.9. The van der Waals surface area contributed by atoms with Gasteiger partial charge in [-0.15, -0.1) is 0 Å². The van der Waals surface area contributed by atoms with Crippen LogP contribution in [0.1, 0.15) is 36.0 Å². The van der Waals surface area contributed by atoms with Gasteiger partial charge in [-0.2, -0.15) is 0 Å². The molecule has 0 amide bonds. The van der Waals surface area contributed by atoms with Gasteiger partial charge in [-0.25, -0.2) is 13.8 Å². The number of hydrogen-bond acceptors (Lipinski definition) is 2. The SMILES string of the molecule is Cc1cc2c(nc(N3CCCCC3)n2Cc2ccc(F)c(Cl)c2)c(-c2ccccc2F)c1C. The van der Waals surface area contributed by atoms with Crippen LogP contribution >= 0.6 is 11.6 Å². The zero-order valence-electron chi connectivity index (χ0n) is 18.8. The molecule has 0 bridgehead atoms. The van der Waals surface area contributed by atoms with E-state index in [-0.39, 0.29) is 10.8 Å². The van der Waals surface area contributed by atoms with E-state index in [2.05, 4.69) is 15.5 Å². The van der Waals surface area contributed by atoms with Crippen LogP contribution in [0.25, 0.3) is 22.2 Å². The zero-order chi connectivity index (χ0) is 23.1. The van der Waals surface area contributed by atoms with Crippen molar-refractivity contribution < 1.29 is 8.78 Å². The molecule has 3 nitrogen and oxygen atoms in total. The van der Waals surface area contributed by atoms with E-state index < -0.39 is 5.82 Å². The Morgan fingerprint density at radius 2 is 1.70 bits per heavy atom. The van der Waals surface area contributed by atoms with Gasteiger partial charge in [0.15, 0.2) is 0 Å². The van der Waals surface area contributed by atoms with Crippen molar-refractivity contribution in [3.8, 4) is 11.1 Å². The first-order valence-electron chi connectivity index (χ1n) is 11.4. The van der Waals surface area contributed by atoms with Gasteiger partial charge in [0.25, 0.3) is 0 Å². The average molecular weight is 466 g/mol. The summed E-state index contributed by atoms with van der Waals surface area (Å²) in [6, 6.07) is 13.8. The summed E-state index contributed by atoms with van der Waals surface area (Å²) in [5.74, 6) is 0.181. The zero-order valence-corrected chi connectivity index (χ0v) is 19.6. The third kappa shape index (κ3) is 3.99. The lowest BCUT2D eigenvalue weighted by Gasteiger charge is -2.28. The third-order valence-electron chi connectivity index (χ3n) is 6.65. The predicted molar refractivity (Wildman–Crippen MR) is 131 cm³/mol. The van der Waals surface area contributed by atoms with Gasteiger partial charge in [-0.1, -0.05) is 35.9 Å². The molecule has 0 spiro atoms. The molecule has 0 N–H and O–H groups in total. The number of piperidine rings is 1. The lowest BCUT2D eigenvalue weighted by atomic mass is 9.95. The highest BCUT2D eigenvalue weighted by atomic mass is 35.5. The molecule has 0 aliphatic carbocycles. The standard InChI is InChI=1S/C27H26ClF2N3/c1-17-14-24-26(25(18(17)2)20-8-4-5-9-22(20)29)31-27(32-12-6-3-7-13-32)33(24)16-19-10-11-23(30)21(28)15-19/h4-5,8-11,14-15H,3,6-7,12-13,16H2,1-2H3. The molecule has 1 aliphatic rings. The van der Waals surface area contributed by atoms with Crippen LogP contribution in [0.2, 0.25) is 5.02 Å². The van der Waals surface area contributed by atoms with Crippen LogP contribution in [0, 0.1) is 25.5 Å². The maximum absolute atomic E-state index is 14.9. The Hall–Kier alpha value is -2.92. The molecule has 5 rings (SSSR count). The maximum atomic E-state index is 14.9. The summed E-state index contributed by atoms with van der Waals surface area (Å²) in [6.07, 6.45) is 3.44. The molecule has 0 saturated carbocycles. The Labute approximate surface area is 197 Å². The number of rotatable bonds is 4. The van der Waals surface area contributed by atoms with Gasteiger partial charge in [0.2, 0.25) is 5.95 Å². The van der Waals surface area contributed by atoms with Crippen LogP contribution in [-0.4, -0.2) is 22.6 Å². The van der Waals surface area contributed by atoms with Crippen molar-refractivity contribution in [2.75, 3.05) is 18.0 Å². The van der Waals surface area contributed by atoms with Crippen molar-refractivity contribution in [3.05, 3.63) is 81.9 Å². The van der Waals surface area contributed by atoms with Gasteiger partial charge in [0, 0.05) is 24.2 Å².